The lowest BCUT2D eigenvalue weighted by Gasteiger charge is -2.34. The number of amides is 1. The molecule has 4 rings (SSSR count). The molecule has 0 radical (unpaired) electrons. The number of nitrogens with one attached hydrogen (secondary N) is 1. The molecule has 0 saturated carbocycles. The van der Waals surface area contributed by atoms with Crippen LogP contribution in [0.1, 0.15) is 22.1 Å². The van der Waals surface area contributed by atoms with Crippen molar-refractivity contribution in [3.05, 3.63) is 77.9 Å². The lowest BCUT2D eigenvalue weighted by Crippen LogP contribution is -2.43. The zero-order valence-corrected chi connectivity index (χ0v) is 15.9. The molecule has 0 spiro atoms. The second kappa shape index (κ2) is 8.93. The van der Waals surface area contributed by atoms with Crippen molar-refractivity contribution in [2.45, 2.75) is 6.04 Å². The lowest BCUT2D eigenvalue weighted by molar-refractivity contribution is 0.0162. The highest BCUT2D eigenvalue weighted by atomic mass is 19.1. The second-order valence-electron chi connectivity index (χ2n) is 6.78. The molecule has 0 bridgehead atoms. The number of rotatable bonds is 6. The number of para-hydroxylation sites is 1. The van der Waals surface area contributed by atoms with E-state index in [1.54, 1.807) is 12.1 Å². The first-order chi connectivity index (χ1) is 14.2. The van der Waals surface area contributed by atoms with Crippen LogP contribution in [0.5, 0.6) is 0 Å². The number of hydrogen-bond acceptors (Lipinski definition) is 5. The third-order valence-corrected chi connectivity index (χ3v) is 4.91. The van der Waals surface area contributed by atoms with Crippen LogP contribution in [0.4, 0.5) is 4.39 Å². The first-order valence-corrected chi connectivity index (χ1v) is 9.54. The summed E-state index contributed by atoms with van der Waals surface area (Å²) in [5.74, 6) is -0.580. The minimum atomic E-state index is -0.299. The van der Waals surface area contributed by atoms with Gasteiger partial charge >= 0.3 is 0 Å². The van der Waals surface area contributed by atoms with Gasteiger partial charge in [0.25, 0.3) is 5.91 Å². The number of halogens is 1. The van der Waals surface area contributed by atoms with Crippen LogP contribution in [0, 0.1) is 5.82 Å². The summed E-state index contributed by atoms with van der Waals surface area (Å²) in [7, 11) is 0. The molecule has 1 aromatic heterocycles. The van der Waals surface area contributed by atoms with E-state index in [9.17, 15) is 9.18 Å². The Hall–Kier alpha value is -3.10. The molecule has 2 heterocycles. The van der Waals surface area contributed by atoms with Crippen molar-refractivity contribution in [1.29, 1.82) is 0 Å². The Labute approximate surface area is 168 Å². The summed E-state index contributed by atoms with van der Waals surface area (Å²) in [5, 5.41) is 11.4. The molecule has 1 aliphatic rings. The molecule has 0 aliphatic carbocycles. The number of nitrogens with zero attached hydrogens (tertiary/aromatic N) is 4. The number of carbonyl (C=O) groups is 1. The molecule has 2 aromatic carbocycles. The first kappa shape index (κ1) is 19.2. The topological polar surface area (TPSA) is 72.3 Å². The van der Waals surface area contributed by atoms with E-state index in [4.69, 9.17) is 4.74 Å². The quantitative estimate of drug-likeness (QED) is 0.693. The molecule has 1 unspecified atom stereocenters. The monoisotopic (exact) mass is 395 g/mol. The summed E-state index contributed by atoms with van der Waals surface area (Å²) in [5.41, 5.74) is 1.97. The van der Waals surface area contributed by atoms with Gasteiger partial charge in [-0.05, 0) is 29.8 Å². The predicted octanol–water partition coefficient (Wildman–Crippen LogP) is 2.21. The average molecular weight is 395 g/mol. The van der Waals surface area contributed by atoms with E-state index in [1.807, 2.05) is 30.3 Å². The summed E-state index contributed by atoms with van der Waals surface area (Å²) < 4.78 is 18.8. The van der Waals surface area contributed by atoms with Crippen molar-refractivity contribution in [2.24, 2.45) is 0 Å². The Kier molecular flexibility index (Phi) is 5.92. The van der Waals surface area contributed by atoms with Crippen LogP contribution in [0.15, 0.2) is 60.8 Å². The van der Waals surface area contributed by atoms with Gasteiger partial charge in [-0.15, -0.1) is 5.10 Å². The predicted molar refractivity (Wildman–Crippen MR) is 105 cm³/mol. The first-order valence-electron chi connectivity index (χ1n) is 9.54. The molecule has 3 aromatic rings. The zero-order valence-electron chi connectivity index (χ0n) is 15.9. The largest absolute Gasteiger partial charge is 0.379 e. The summed E-state index contributed by atoms with van der Waals surface area (Å²) in [4.78, 5) is 16.3. The fraction of sp³-hybridized carbons (Fsp3) is 0.286. The highest BCUT2D eigenvalue weighted by Crippen LogP contribution is 2.21. The van der Waals surface area contributed by atoms with Crippen molar-refractivity contribution in [1.82, 2.24) is 25.2 Å². The van der Waals surface area contributed by atoms with Crippen molar-refractivity contribution >= 4 is 5.91 Å². The molecular formula is C21H22FN5O2. The van der Waals surface area contributed by atoms with Crippen molar-refractivity contribution in [3.63, 3.8) is 0 Å². The summed E-state index contributed by atoms with van der Waals surface area (Å²) >= 11 is 0. The molecule has 1 fully saturated rings. The molecule has 1 aliphatic heterocycles. The molecule has 8 heteroatoms. The SMILES string of the molecule is O=C(NCC(c1ccc(F)cc1)N1CCOCC1)c1cnn(-c2ccccc2)n1. The molecule has 29 heavy (non-hydrogen) atoms. The Morgan fingerprint density at radius 2 is 1.83 bits per heavy atom. The van der Waals surface area contributed by atoms with Gasteiger partial charge in [-0.3, -0.25) is 9.69 Å². The standard InChI is InChI=1S/C21H22FN5O2/c22-17-8-6-16(7-9-17)20(26-10-12-29-13-11-26)15-23-21(28)19-14-24-27(25-19)18-4-2-1-3-5-18/h1-9,14,20H,10-13,15H2,(H,23,28). The van der Waals surface area contributed by atoms with Crippen LogP contribution in [0.2, 0.25) is 0 Å². The van der Waals surface area contributed by atoms with Gasteiger partial charge in [-0.25, -0.2) is 4.39 Å². The molecule has 150 valence electrons. The molecule has 1 amide bonds. The van der Waals surface area contributed by atoms with E-state index < -0.39 is 0 Å². The van der Waals surface area contributed by atoms with E-state index in [1.165, 1.54) is 23.1 Å². The molecule has 1 atom stereocenters. The number of morpholine rings is 1. The number of aromatic nitrogens is 3. The average Bonchev–Trinajstić information content (AvgIpc) is 3.27. The smallest absolute Gasteiger partial charge is 0.273 e. The maximum absolute atomic E-state index is 13.3. The van der Waals surface area contributed by atoms with Crippen LogP contribution in [-0.2, 0) is 4.74 Å². The van der Waals surface area contributed by atoms with Crippen LogP contribution >= 0.6 is 0 Å². The van der Waals surface area contributed by atoms with Crippen molar-refractivity contribution in [3.8, 4) is 5.69 Å². The summed E-state index contributed by atoms with van der Waals surface area (Å²) in [6, 6.07) is 15.7. The summed E-state index contributed by atoms with van der Waals surface area (Å²) in [6.45, 7) is 3.15. The van der Waals surface area contributed by atoms with Gasteiger partial charge in [-0.2, -0.15) is 9.90 Å². The number of ether oxygens (including phenoxy) is 1. The van der Waals surface area contributed by atoms with E-state index in [0.717, 1.165) is 24.3 Å². The van der Waals surface area contributed by atoms with Crippen LogP contribution in [-0.4, -0.2) is 58.6 Å². The zero-order chi connectivity index (χ0) is 20.1. The van der Waals surface area contributed by atoms with Gasteiger partial charge < -0.3 is 10.1 Å². The van der Waals surface area contributed by atoms with Gasteiger partial charge in [0, 0.05) is 19.6 Å². The molecular weight excluding hydrogens is 373 g/mol. The third kappa shape index (κ3) is 4.67. The van der Waals surface area contributed by atoms with Gasteiger partial charge in [0.05, 0.1) is 31.1 Å². The second-order valence-corrected chi connectivity index (χ2v) is 6.78. The Bertz CT molecular complexity index is 939. The van der Waals surface area contributed by atoms with Gasteiger partial charge in [0.2, 0.25) is 0 Å². The van der Waals surface area contributed by atoms with E-state index in [0.29, 0.717) is 19.8 Å². The van der Waals surface area contributed by atoms with E-state index >= 15 is 0 Å². The van der Waals surface area contributed by atoms with Gasteiger partial charge in [-0.1, -0.05) is 30.3 Å². The van der Waals surface area contributed by atoms with Crippen LogP contribution in [0.25, 0.3) is 5.69 Å². The highest BCUT2D eigenvalue weighted by Gasteiger charge is 2.24. The summed E-state index contributed by atoms with van der Waals surface area (Å²) in [6.07, 6.45) is 1.45. The van der Waals surface area contributed by atoms with Gasteiger partial charge in [0.15, 0.2) is 5.69 Å². The Morgan fingerprint density at radius 1 is 1.10 bits per heavy atom. The molecule has 7 nitrogen and oxygen atoms in total. The minimum Gasteiger partial charge on any atom is -0.379 e. The number of benzene rings is 2. The van der Waals surface area contributed by atoms with Crippen LogP contribution in [0.3, 0.4) is 0 Å². The fourth-order valence-corrected chi connectivity index (χ4v) is 3.36. The van der Waals surface area contributed by atoms with E-state index in [-0.39, 0.29) is 23.5 Å². The fourth-order valence-electron chi connectivity index (χ4n) is 3.36. The van der Waals surface area contributed by atoms with Gasteiger partial charge in [0.1, 0.15) is 5.82 Å². The number of hydrogen-bond donors (Lipinski definition) is 1. The minimum absolute atomic E-state index is 0.0763. The molecule has 1 N–H and O–H groups in total. The highest BCUT2D eigenvalue weighted by molar-refractivity contribution is 5.91. The normalized spacial score (nSPS) is 15.8. The Morgan fingerprint density at radius 3 is 2.55 bits per heavy atom. The third-order valence-electron chi connectivity index (χ3n) is 4.91. The maximum Gasteiger partial charge on any atom is 0.273 e. The van der Waals surface area contributed by atoms with E-state index in [2.05, 4.69) is 20.4 Å². The molecule has 1 saturated heterocycles. The number of carbonyl (C=O) groups excluding carboxylic acids is 1. The maximum atomic E-state index is 13.3. The van der Waals surface area contributed by atoms with Crippen molar-refractivity contribution < 1.29 is 13.9 Å². The van der Waals surface area contributed by atoms with Crippen LogP contribution < -0.4 is 5.32 Å². The van der Waals surface area contributed by atoms with Crippen molar-refractivity contribution in [2.75, 3.05) is 32.8 Å². The lowest BCUT2D eigenvalue weighted by atomic mass is 10.0. The Balaban J connectivity index is 1.46.